The SMILES string of the molecule is C.c1ccc(-n2c3ccccc3c3cc(-c4ccc5c(c4)c4ccccc4n5-c4ccccc4)ccc32)cc1. The molecule has 0 bridgehead atoms. The average molecular weight is 501 g/mol. The van der Waals surface area contributed by atoms with E-state index in [2.05, 4.69) is 155 Å². The van der Waals surface area contributed by atoms with Crippen LogP contribution in [0.1, 0.15) is 7.43 Å². The Morgan fingerprint density at radius 3 is 1.10 bits per heavy atom. The van der Waals surface area contributed by atoms with Crippen molar-refractivity contribution in [2.75, 3.05) is 0 Å². The first-order chi connectivity index (χ1) is 18.9. The van der Waals surface area contributed by atoms with E-state index in [1.54, 1.807) is 0 Å². The van der Waals surface area contributed by atoms with E-state index in [1.807, 2.05) is 0 Å². The monoisotopic (exact) mass is 500 g/mol. The van der Waals surface area contributed by atoms with E-state index in [9.17, 15) is 0 Å². The second-order valence-electron chi connectivity index (χ2n) is 9.84. The fraction of sp³-hybridized carbons (Fsp3) is 0.0270. The zero-order valence-corrected chi connectivity index (χ0v) is 20.8. The van der Waals surface area contributed by atoms with Crippen molar-refractivity contribution in [3.63, 3.8) is 0 Å². The number of hydrogen-bond donors (Lipinski definition) is 0. The molecule has 0 unspecified atom stereocenters. The Hall–Kier alpha value is -5.08. The highest BCUT2D eigenvalue weighted by Gasteiger charge is 2.15. The molecule has 8 rings (SSSR count). The zero-order chi connectivity index (χ0) is 25.1. The Bertz CT molecular complexity index is 1960. The molecule has 0 saturated carbocycles. The third-order valence-electron chi connectivity index (χ3n) is 7.71. The predicted octanol–water partition coefficient (Wildman–Crippen LogP) is 10.2. The van der Waals surface area contributed by atoms with Gasteiger partial charge in [0.2, 0.25) is 0 Å². The van der Waals surface area contributed by atoms with E-state index < -0.39 is 0 Å². The number of nitrogens with zero attached hydrogens (tertiary/aromatic N) is 2. The van der Waals surface area contributed by atoms with Gasteiger partial charge in [-0.25, -0.2) is 0 Å². The van der Waals surface area contributed by atoms with Crippen LogP contribution in [0.15, 0.2) is 146 Å². The summed E-state index contributed by atoms with van der Waals surface area (Å²) in [7, 11) is 0. The molecule has 6 aromatic carbocycles. The molecule has 8 aromatic rings. The van der Waals surface area contributed by atoms with Crippen molar-refractivity contribution in [3.05, 3.63) is 146 Å². The van der Waals surface area contributed by atoms with Crippen LogP contribution in [0.4, 0.5) is 0 Å². The van der Waals surface area contributed by atoms with Crippen molar-refractivity contribution in [1.82, 2.24) is 9.13 Å². The number of rotatable bonds is 3. The first-order valence-electron chi connectivity index (χ1n) is 13.0. The maximum absolute atomic E-state index is 2.37. The Morgan fingerprint density at radius 2 is 0.667 bits per heavy atom. The summed E-state index contributed by atoms with van der Waals surface area (Å²) in [6, 6.07) is 52.4. The highest BCUT2D eigenvalue weighted by molar-refractivity contribution is 6.12. The fourth-order valence-electron chi connectivity index (χ4n) is 6.02. The van der Waals surface area contributed by atoms with Crippen LogP contribution in [0.25, 0.3) is 66.1 Å². The normalized spacial score (nSPS) is 11.4. The third kappa shape index (κ3) is 3.49. The second kappa shape index (κ2) is 9.04. The van der Waals surface area contributed by atoms with Gasteiger partial charge in [-0.1, -0.05) is 92.4 Å². The van der Waals surface area contributed by atoms with Gasteiger partial charge in [-0.15, -0.1) is 0 Å². The van der Waals surface area contributed by atoms with Crippen LogP contribution in [0.5, 0.6) is 0 Å². The molecule has 39 heavy (non-hydrogen) atoms. The van der Waals surface area contributed by atoms with E-state index in [0.29, 0.717) is 0 Å². The summed E-state index contributed by atoms with van der Waals surface area (Å²) in [5, 5.41) is 5.09. The lowest BCUT2D eigenvalue weighted by atomic mass is 10.0. The van der Waals surface area contributed by atoms with Crippen LogP contribution in [0, 0.1) is 0 Å². The van der Waals surface area contributed by atoms with Gasteiger partial charge in [0.05, 0.1) is 22.1 Å². The van der Waals surface area contributed by atoms with Gasteiger partial charge in [-0.3, -0.25) is 0 Å². The molecule has 2 heteroatoms. The Balaban J connectivity index is 0.00000253. The first-order valence-corrected chi connectivity index (χ1v) is 13.0. The lowest BCUT2D eigenvalue weighted by molar-refractivity contribution is 1.18. The zero-order valence-electron chi connectivity index (χ0n) is 20.8. The molecule has 0 N–H and O–H groups in total. The lowest BCUT2D eigenvalue weighted by Crippen LogP contribution is -1.93. The van der Waals surface area contributed by atoms with Crippen LogP contribution in [0.2, 0.25) is 0 Å². The number of benzene rings is 6. The van der Waals surface area contributed by atoms with Crippen molar-refractivity contribution in [1.29, 1.82) is 0 Å². The highest BCUT2D eigenvalue weighted by Crippen LogP contribution is 2.38. The molecule has 0 radical (unpaired) electrons. The van der Waals surface area contributed by atoms with Crippen LogP contribution < -0.4 is 0 Å². The van der Waals surface area contributed by atoms with Gasteiger partial charge in [0.1, 0.15) is 0 Å². The molecular formula is C37H28N2. The molecule has 2 heterocycles. The molecule has 0 aliphatic rings. The Labute approximate surface area is 228 Å². The van der Waals surface area contributed by atoms with E-state index in [-0.39, 0.29) is 7.43 Å². The van der Waals surface area contributed by atoms with Crippen LogP contribution in [-0.2, 0) is 0 Å². The summed E-state index contributed by atoms with van der Waals surface area (Å²) in [4.78, 5) is 0. The van der Waals surface area contributed by atoms with Gasteiger partial charge < -0.3 is 9.13 Å². The number of aromatic nitrogens is 2. The molecule has 0 atom stereocenters. The van der Waals surface area contributed by atoms with Gasteiger partial charge in [0, 0.05) is 32.9 Å². The summed E-state index contributed by atoms with van der Waals surface area (Å²) in [6.45, 7) is 0. The largest absolute Gasteiger partial charge is 0.309 e. The molecule has 0 saturated heterocycles. The van der Waals surface area contributed by atoms with E-state index in [1.165, 1.54) is 66.1 Å². The summed E-state index contributed by atoms with van der Waals surface area (Å²) in [6.07, 6.45) is 0. The molecule has 2 aromatic heterocycles. The standard InChI is InChI=1S/C36H24N2.CH4/c1-3-11-27(12-4-1)37-33-17-9-7-15-29(33)31-23-25(19-21-35(31)37)26-20-22-36-32(24-26)30-16-8-10-18-34(30)38(36)28-13-5-2-6-14-28;/h1-24H;1H4. The molecule has 0 aliphatic heterocycles. The summed E-state index contributed by atoms with van der Waals surface area (Å²) in [5.74, 6) is 0. The first kappa shape index (κ1) is 23.1. The Kier molecular flexibility index (Phi) is 5.35. The molecule has 186 valence electrons. The van der Waals surface area contributed by atoms with E-state index in [0.717, 1.165) is 0 Å². The highest BCUT2D eigenvalue weighted by atomic mass is 15.0. The summed E-state index contributed by atoms with van der Waals surface area (Å²) < 4.78 is 4.73. The molecule has 0 aliphatic carbocycles. The quantitative estimate of drug-likeness (QED) is 0.228. The van der Waals surface area contributed by atoms with Gasteiger partial charge >= 0.3 is 0 Å². The smallest absolute Gasteiger partial charge is 0.0541 e. The number of para-hydroxylation sites is 4. The fourth-order valence-corrected chi connectivity index (χ4v) is 6.02. The maximum Gasteiger partial charge on any atom is 0.0541 e. The van der Waals surface area contributed by atoms with Crippen molar-refractivity contribution in [3.8, 4) is 22.5 Å². The van der Waals surface area contributed by atoms with Crippen LogP contribution in [-0.4, -0.2) is 9.13 Å². The molecule has 2 nitrogen and oxygen atoms in total. The van der Waals surface area contributed by atoms with Crippen LogP contribution >= 0.6 is 0 Å². The topological polar surface area (TPSA) is 9.86 Å². The predicted molar refractivity (Wildman–Crippen MR) is 167 cm³/mol. The van der Waals surface area contributed by atoms with Gasteiger partial charge in [0.15, 0.2) is 0 Å². The third-order valence-corrected chi connectivity index (χ3v) is 7.71. The summed E-state index contributed by atoms with van der Waals surface area (Å²) >= 11 is 0. The minimum atomic E-state index is 0. The van der Waals surface area contributed by atoms with E-state index in [4.69, 9.17) is 0 Å². The minimum absolute atomic E-state index is 0. The number of fused-ring (bicyclic) bond motifs is 6. The maximum atomic E-state index is 2.37. The van der Waals surface area contributed by atoms with Crippen LogP contribution in [0.3, 0.4) is 0 Å². The molecule has 0 spiro atoms. The van der Waals surface area contributed by atoms with Crippen molar-refractivity contribution in [2.24, 2.45) is 0 Å². The molecule has 0 fully saturated rings. The molecule has 0 amide bonds. The minimum Gasteiger partial charge on any atom is -0.309 e. The van der Waals surface area contributed by atoms with Crippen molar-refractivity contribution < 1.29 is 0 Å². The van der Waals surface area contributed by atoms with Crippen molar-refractivity contribution >= 4 is 43.6 Å². The molecular weight excluding hydrogens is 472 g/mol. The summed E-state index contributed by atoms with van der Waals surface area (Å²) in [5.41, 5.74) is 9.73. The second-order valence-corrected chi connectivity index (χ2v) is 9.84. The van der Waals surface area contributed by atoms with E-state index >= 15 is 0 Å². The van der Waals surface area contributed by atoms with Crippen molar-refractivity contribution in [2.45, 2.75) is 7.43 Å². The lowest BCUT2D eigenvalue weighted by Gasteiger charge is -2.09. The Morgan fingerprint density at radius 1 is 0.308 bits per heavy atom. The number of hydrogen-bond acceptors (Lipinski definition) is 0. The van der Waals surface area contributed by atoms with Gasteiger partial charge in [-0.05, 0) is 71.8 Å². The van der Waals surface area contributed by atoms with Gasteiger partial charge in [0.25, 0.3) is 0 Å². The average Bonchev–Trinajstić information content (AvgIpc) is 3.50. The van der Waals surface area contributed by atoms with Gasteiger partial charge in [-0.2, -0.15) is 0 Å².